The van der Waals surface area contributed by atoms with Gasteiger partial charge in [0.05, 0.1) is 28.0 Å². The normalized spacial score (nSPS) is 13.7. The van der Waals surface area contributed by atoms with Crippen molar-refractivity contribution < 1.29 is 14.3 Å². The molecule has 1 fully saturated rings. The third kappa shape index (κ3) is 4.92. The molecule has 6 rings (SSSR count). The van der Waals surface area contributed by atoms with Crippen molar-refractivity contribution in [3.63, 3.8) is 0 Å². The Kier molecular flexibility index (Phi) is 7.23. The van der Waals surface area contributed by atoms with Crippen molar-refractivity contribution in [2.75, 3.05) is 16.8 Å². The van der Waals surface area contributed by atoms with Crippen LogP contribution in [0.2, 0.25) is 0 Å². The van der Waals surface area contributed by atoms with Crippen molar-refractivity contribution in [2.24, 2.45) is 0 Å². The van der Waals surface area contributed by atoms with Crippen LogP contribution in [0.25, 0.3) is 20.4 Å². The highest BCUT2D eigenvalue weighted by molar-refractivity contribution is 7.21. The number of nitrogens with two attached hydrogens (primary N) is 2. The molecule has 1 aliphatic carbocycles. The monoisotopic (exact) mass is 602 g/mol. The van der Waals surface area contributed by atoms with E-state index in [0.29, 0.717) is 49.3 Å². The number of nitrogens with zero attached hydrogens (tertiary/aromatic N) is 5. The third-order valence-corrected chi connectivity index (χ3v) is 10.2. The zero-order valence-corrected chi connectivity index (χ0v) is 25.5. The highest BCUT2D eigenvalue weighted by atomic mass is 32.1. The molecule has 0 aromatic carbocycles. The van der Waals surface area contributed by atoms with Gasteiger partial charge in [-0.05, 0) is 63.3 Å². The Morgan fingerprint density at radius 1 is 0.976 bits per heavy atom. The number of hydrogen-bond donors (Lipinski definition) is 4. The van der Waals surface area contributed by atoms with E-state index in [1.807, 2.05) is 32.4 Å². The maximum atomic E-state index is 13.3. The van der Waals surface area contributed by atoms with E-state index >= 15 is 0 Å². The topological polar surface area (TPSA) is 166 Å². The number of hydrogen-bond acceptors (Lipinski definition) is 10. The van der Waals surface area contributed by atoms with E-state index in [0.717, 1.165) is 58.4 Å². The molecule has 11 nitrogen and oxygen atoms in total. The average Bonchev–Trinajstić information content (AvgIpc) is 3.67. The number of amides is 2. The van der Waals surface area contributed by atoms with Gasteiger partial charge in [-0.15, -0.1) is 16.4 Å². The average molecular weight is 603 g/mol. The van der Waals surface area contributed by atoms with Gasteiger partial charge in [0, 0.05) is 29.0 Å². The molecule has 6 N–H and O–H groups in total. The third-order valence-electron chi connectivity index (χ3n) is 7.87. The van der Waals surface area contributed by atoms with Gasteiger partial charge in [-0.1, -0.05) is 28.9 Å². The van der Waals surface area contributed by atoms with Crippen LogP contribution in [0.5, 0.6) is 0 Å². The van der Waals surface area contributed by atoms with E-state index in [1.165, 1.54) is 22.7 Å². The molecule has 0 radical (unpaired) electrons. The molecule has 0 atom stereocenters. The Labute approximate surface area is 250 Å². The van der Waals surface area contributed by atoms with Gasteiger partial charge < -0.3 is 22.1 Å². The van der Waals surface area contributed by atoms with Crippen molar-refractivity contribution in [3.05, 3.63) is 56.3 Å². The molecule has 216 valence electrons. The summed E-state index contributed by atoms with van der Waals surface area (Å²) in [4.78, 5) is 32.9. The fourth-order valence-corrected chi connectivity index (χ4v) is 7.63. The number of aryl methyl sites for hydroxylation is 4. The van der Waals surface area contributed by atoms with Gasteiger partial charge in [0.15, 0.2) is 0 Å². The highest BCUT2D eigenvalue weighted by Gasteiger charge is 2.30. The molecule has 5 heterocycles. The minimum absolute atomic E-state index is 0.143. The number of thiophene rings is 2. The second-order valence-corrected chi connectivity index (χ2v) is 12.8. The number of carbonyl (C=O) groups is 2. The van der Waals surface area contributed by atoms with Gasteiger partial charge in [-0.2, -0.15) is 5.10 Å². The number of pyridine rings is 1. The smallest absolute Gasteiger partial charge is 0.298 e. The van der Waals surface area contributed by atoms with Crippen molar-refractivity contribution in [1.29, 1.82) is 0 Å². The second kappa shape index (κ2) is 10.9. The summed E-state index contributed by atoms with van der Waals surface area (Å²) in [6.45, 7) is 7.93. The lowest BCUT2D eigenvalue weighted by atomic mass is 10.1. The zero-order valence-electron chi connectivity index (χ0n) is 23.9. The lowest BCUT2D eigenvalue weighted by Gasteiger charge is -2.10. The standard InChI is InChI=1S/C29H31N9O2S2/c1-13-11-18(9-10-32-13)34-26(39)24-23(31)21-19(16(4)35-36-28(21)41-24)12-38-29-20(14(2)15(3)37-38)22(30)25(42-29)27(40)33-17-7-5-6-8-17/h9-11,17H,5-8,12H2,1-4H3,(H5-,30,31,32,33,34,39,40)/p+1. The highest BCUT2D eigenvalue weighted by Crippen LogP contribution is 2.37. The summed E-state index contributed by atoms with van der Waals surface area (Å²) in [6.07, 6.45) is 5.88. The zero-order chi connectivity index (χ0) is 29.7. The molecule has 13 heteroatoms. The summed E-state index contributed by atoms with van der Waals surface area (Å²) >= 11 is 2.54. The van der Waals surface area contributed by atoms with E-state index < -0.39 is 0 Å². The Morgan fingerprint density at radius 2 is 1.69 bits per heavy atom. The number of carbonyl (C=O) groups excluding carboxylic acids is 2. The van der Waals surface area contributed by atoms with Crippen molar-refractivity contribution in [2.45, 2.75) is 66.0 Å². The fraction of sp³-hybridized carbons (Fsp3) is 0.345. The first-order valence-electron chi connectivity index (χ1n) is 13.8. The van der Waals surface area contributed by atoms with Crippen LogP contribution in [0.3, 0.4) is 0 Å². The molecule has 0 bridgehead atoms. The maximum absolute atomic E-state index is 13.3. The quantitative estimate of drug-likeness (QED) is 0.208. The Balaban J connectivity index is 1.41. The van der Waals surface area contributed by atoms with E-state index in [2.05, 4.69) is 25.8 Å². The van der Waals surface area contributed by atoms with Gasteiger partial charge in [0.1, 0.15) is 20.3 Å². The minimum atomic E-state index is -0.326. The van der Waals surface area contributed by atoms with Gasteiger partial charge in [-0.25, -0.2) is 0 Å². The van der Waals surface area contributed by atoms with Crippen molar-refractivity contribution in [3.8, 4) is 0 Å². The Bertz CT molecular complexity index is 1890. The largest absolute Gasteiger partial charge is 0.397 e. The molecule has 0 spiro atoms. The van der Waals surface area contributed by atoms with Crippen LogP contribution in [0.4, 0.5) is 17.1 Å². The summed E-state index contributed by atoms with van der Waals surface area (Å²) in [5, 5.41) is 21.2. The summed E-state index contributed by atoms with van der Waals surface area (Å²) in [5.41, 5.74) is 18.7. The predicted octanol–water partition coefficient (Wildman–Crippen LogP) is 4.35. The Hall–Kier alpha value is -4.23. The maximum Gasteiger partial charge on any atom is 0.298 e. The van der Waals surface area contributed by atoms with Crippen molar-refractivity contribution in [1.82, 2.24) is 25.6 Å². The van der Waals surface area contributed by atoms with E-state index in [4.69, 9.17) is 16.6 Å². The second-order valence-electron chi connectivity index (χ2n) is 10.8. The molecule has 5 aromatic heterocycles. The summed E-state index contributed by atoms with van der Waals surface area (Å²) in [7, 11) is 0. The van der Waals surface area contributed by atoms with E-state index in [-0.39, 0.29) is 17.9 Å². The molecule has 42 heavy (non-hydrogen) atoms. The van der Waals surface area contributed by atoms with Crippen LogP contribution in [-0.2, 0) is 6.54 Å². The summed E-state index contributed by atoms with van der Waals surface area (Å²) in [6, 6.07) is 3.70. The minimum Gasteiger partial charge on any atom is -0.397 e. The summed E-state index contributed by atoms with van der Waals surface area (Å²) in [5.74, 6) is -0.469. The molecular formula is C29H32N9O2S2+. The Morgan fingerprint density at radius 3 is 2.43 bits per heavy atom. The fourth-order valence-electron chi connectivity index (χ4n) is 5.53. The van der Waals surface area contributed by atoms with Crippen LogP contribution >= 0.6 is 22.7 Å². The summed E-state index contributed by atoms with van der Waals surface area (Å²) < 4.78 is 1.85. The number of nitrogens with one attached hydrogen (secondary N) is 2. The predicted molar refractivity (Wildman–Crippen MR) is 166 cm³/mol. The van der Waals surface area contributed by atoms with E-state index in [9.17, 15) is 9.59 Å². The SMILES string of the molecule is Cc1cc(NC(=O)c2sc3nnc(C)c(C[n+]4nc(C)c(C)c5c(N)c(C(=O)NC6CCCC6)sc54)c3c2N)ccn1. The molecular weight excluding hydrogens is 571 g/mol. The van der Waals surface area contributed by atoms with Crippen LogP contribution in [0, 0.1) is 27.7 Å². The van der Waals surface area contributed by atoms with Crippen LogP contribution in [-0.4, -0.2) is 38.1 Å². The molecule has 1 aliphatic rings. The van der Waals surface area contributed by atoms with Crippen LogP contribution in [0.15, 0.2) is 18.3 Å². The number of nitrogen functional groups attached to an aromatic ring is 2. The van der Waals surface area contributed by atoms with Gasteiger partial charge in [0.25, 0.3) is 16.6 Å². The van der Waals surface area contributed by atoms with Gasteiger partial charge in [-0.3, -0.25) is 14.6 Å². The lowest BCUT2D eigenvalue weighted by molar-refractivity contribution is -0.720. The number of fused-ring (bicyclic) bond motifs is 2. The molecule has 2 amide bonds. The van der Waals surface area contributed by atoms with Gasteiger partial charge in [0.2, 0.25) is 6.54 Å². The van der Waals surface area contributed by atoms with E-state index in [1.54, 1.807) is 18.3 Å². The molecule has 5 aromatic rings. The number of aromatic nitrogens is 5. The van der Waals surface area contributed by atoms with Crippen molar-refractivity contribution >= 4 is 72.0 Å². The first-order chi connectivity index (χ1) is 20.1. The van der Waals surface area contributed by atoms with Crippen LogP contribution in [0.1, 0.15) is 73.2 Å². The molecule has 0 saturated heterocycles. The molecule has 0 unspecified atom stereocenters. The van der Waals surface area contributed by atoms with Crippen LogP contribution < -0.4 is 26.8 Å². The first-order valence-corrected chi connectivity index (χ1v) is 15.4. The van der Waals surface area contributed by atoms with Gasteiger partial charge >= 0.3 is 0 Å². The molecule has 0 aliphatic heterocycles. The number of anilines is 3. The molecule has 1 saturated carbocycles. The lowest BCUT2D eigenvalue weighted by Crippen LogP contribution is -2.40. The number of rotatable bonds is 6. The first kappa shape index (κ1) is 27.9.